The van der Waals surface area contributed by atoms with Crippen molar-refractivity contribution in [2.24, 2.45) is 5.73 Å². The molecule has 1 aromatic rings. The maximum atomic E-state index is 5.63. The van der Waals surface area contributed by atoms with Crippen molar-refractivity contribution in [2.45, 2.75) is 6.54 Å². The maximum absolute atomic E-state index is 5.63. The molecular weight excluding hydrogens is 260 g/mol. The smallest absolute Gasteiger partial charge is 0.0406 e. The van der Waals surface area contributed by atoms with E-state index in [9.17, 15) is 0 Å². The van der Waals surface area contributed by atoms with Gasteiger partial charge in [-0.25, -0.2) is 0 Å². The Morgan fingerprint density at radius 2 is 1.70 bits per heavy atom. The Kier molecular flexibility index (Phi) is 5.03. The van der Waals surface area contributed by atoms with Crippen LogP contribution in [0.15, 0.2) is 24.3 Å². The standard InChI is InChI=1S/C7H8ClN.HI/c8-7-3-1-6(5-9)2-4-7;/h1-4H,5,9H2;1H. The summed E-state index contributed by atoms with van der Waals surface area (Å²) in [5, 5.41) is 0.757. The highest BCUT2D eigenvalue weighted by atomic mass is 127. The summed E-state index contributed by atoms with van der Waals surface area (Å²) in [6, 6.07) is 7.51. The number of hydrogen-bond donors (Lipinski definition) is 1. The van der Waals surface area contributed by atoms with Crippen LogP contribution >= 0.6 is 35.6 Å². The van der Waals surface area contributed by atoms with Gasteiger partial charge in [0.1, 0.15) is 0 Å². The molecule has 0 amide bonds. The van der Waals surface area contributed by atoms with Gasteiger partial charge in [-0.05, 0) is 17.7 Å². The minimum atomic E-state index is 0. The molecule has 1 rings (SSSR count). The summed E-state index contributed by atoms with van der Waals surface area (Å²) in [4.78, 5) is 0. The Morgan fingerprint density at radius 3 is 2.10 bits per heavy atom. The van der Waals surface area contributed by atoms with Crippen molar-refractivity contribution >= 4 is 35.6 Å². The summed E-state index contributed by atoms with van der Waals surface area (Å²) in [6.45, 7) is 0.581. The zero-order chi connectivity index (χ0) is 6.69. The molecule has 3 heteroatoms. The Labute approximate surface area is 82.6 Å². The third-order valence-electron chi connectivity index (χ3n) is 1.15. The molecule has 0 aliphatic carbocycles. The lowest BCUT2D eigenvalue weighted by molar-refractivity contribution is 1.07. The highest BCUT2D eigenvalue weighted by Gasteiger charge is 1.86. The summed E-state index contributed by atoms with van der Waals surface area (Å²) < 4.78 is 0. The first kappa shape index (κ1) is 10.2. The maximum Gasteiger partial charge on any atom is 0.0406 e. The topological polar surface area (TPSA) is 26.0 Å². The van der Waals surface area contributed by atoms with Gasteiger partial charge >= 0.3 is 0 Å². The molecule has 56 valence electrons. The van der Waals surface area contributed by atoms with Crippen molar-refractivity contribution in [1.82, 2.24) is 0 Å². The summed E-state index contributed by atoms with van der Waals surface area (Å²) in [5.74, 6) is 0. The minimum absolute atomic E-state index is 0. The van der Waals surface area contributed by atoms with E-state index in [0.29, 0.717) is 6.54 Å². The lowest BCUT2D eigenvalue weighted by atomic mass is 10.2. The van der Waals surface area contributed by atoms with E-state index in [4.69, 9.17) is 17.3 Å². The molecule has 0 heterocycles. The van der Waals surface area contributed by atoms with E-state index in [1.54, 1.807) is 0 Å². The average molecular weight is 270 g/mol. The van der Waals surface area contributed by atoms with Crippen molar-refractivity contribution in [3.8, 4) is 0 Å². The third kappa shape index (κ3) is 2.86. The highest BCUT2D eigenvalue weighted by Crippen LogP contribution is 2.08. The van der Waals surface area contributed by atoms with Gasteiger partial charge in [-0.3, -0.25) is 0 Å². The first-order chi connectivity index (χ1) is 4.33. The molecule has 1 aromatic carbocycles. The predicted molar refractivity (Wildman–Crippen MR) is 54.8 cm³/mol. The number of halogens is 2. The second kappa shape index (κ2) is 4.93. The van der Waals surface area contributed by atoms with Crippen molar-refractivity contribution in [2.75, 3.05) is 0 Å². The second-order valence-electron chi connectivity index (χ2n) is 1.83. The van der Waals surface area contributed by atoms with E-state index in [-0.39, 0.29) is 24.0 Å². The number of rotatable bonds is 1. The Hall–Kier alpha value is 0.200. The van der Waals surface area contributed by atoms with Gasteiger partial charge in [0.15, 0.2) is 0 Å². The lowest BCUT2D eigenvalue weighted by Crippen LogP contribution is -1.94. The minimum Gasteiger partial charge on any atom is -0.326 e. The van der Waals surface area contributed by atoms with Crippen LogP contribution in [0.25, 0.3) is 0 Å². The average Bonchev–Trinajstić information content (AvgIpc) is 1.90. The van der Waals surface area contributed by atoms with Crippen molar-refractivity contribution in [1.29, 1.82) is 0 Å². The monoisotopic (exact) mass is 269 g/mol. The zero-order valence-corrected chi connectivity index (χ0v) is 8.47. The molecule has 10 heavy (non-hydrogen) atoms. The fourth-order valence-corrected chi connectivity index (χ4v) is 0.746. The molecule has 0 saturated carbocycles. The van der Waals surface area contributed by atoms with Gasteiger partial charge in [0.2, 0.25) is 0 Å². The van der Waals surface area contributed by atoms with E-state index < -0.39 is 0 Å². The Bertz CT molecular complexity index is 185. The Balaban J connectivity index is 0.000000810. The van der Waals surface area contributed by atoms with Crippen LogP contribution in [0.1, 0.15) is 5.56 Å². The van der Waals surface area contributed by atoms with Crippen LogP contribution in [-0.2, 0) is 6.54 Å². The number of nitrogens with two attached hydrogens (primary N) is 1. The van der Waals surface area contributed by atoms with Crippen LogP contribution in [0.5, 0.6) is 0 Å². The van der Waals surface area contributed by atoms with Crippen LogP contribution < -0.4 is 5.73 Å². The van der Waals surface area contributed by atoms with Crippen molar-refractivity contribution < 1.29 is 0 Å². The zero-order valence-electron chi connectivity index (χ0n) is 5.38. The third-order valence-corrected chi connectivity index (χ3v) is 1.40. The van der Waals surface area contributed by atoms with E-state index in [2.05, 4.69) is 0 Å². The van der Waals surface area contributed by atoms with Gasteiger partial charge in [0, 0.05) is 11.6 Å². The molecule has 2 N–H and O–H groups in total. The van der Waals surface area contributed by atoms with Crippen LogP contribution in [0.4, 0.5) is 0 Å². The fraction of sp³-hybridized carbons (Fsp3) is 0.143. The first-order valence-electron chi connectivity index (χ1n) is 2.77. The van der Waals surface area contributed by atoms with Gasteiger partial charge in [-0.1, -0.05) is 23.7 Å². The molecule has 0 spiro atoms. The van der Waals surface area contributed by atoms with Crippen molar-refractivity contribution in [3.63, 3.8) is 0 Å². The van der Waals surface area contributed by atoms with Gasteiger partial charge in [0.05, 0.1) is 0 Å². The molecule has 1 nitrogen and oxygen atoms in total. The first-order valence-corrected chi connectivity index (χ1v) is 3.15. The molecule has 0 saturated heterocycles. The molecule has 0 radical (unpaired) electrons. The van der Waals surface area contributed by atoms with Gasteiger partial charge in [-0.15, -0.1) is 24.0 Å². The molecule has 0 fully saturated rings. The molecule has 0 aliphatic rings. The van der Waals surface area contributed by atoms with Crippen LogP contribution in [0.3, 0.4) is 0 Å². The number of benzene rings is 1. The summed E-state index contributed by atoms with van der Waals surface area (Å²) in [6.07, 6.45) is 0. The van der Waals surface area contributed by atoms with Crippen LogP contribution in [0.2, 0.25) is 5.02 Å². The van der Waals surface area contributed by atoms with Gasteiger partial charge in [0.25, 0.3) is 0 Å². The second-order valence-corrected chi connectivity index (χ2v) is 2.27. The van der Waals surface area contributed by atoms with E-state index >= 15 is 0 Å². The predicted octanol–water partition coefficient (Wildman–Crippen LogP) is 2.42. The van der Waals surface area contributed by atoms with Gasteiger partial charge < -0.3 is 5.73 Å². The SMILES string of the molecule is I.NCc1ccc(Cl)cc1. The molecule has 0 atom stereocenters. The highest BCUT2D eigenvalue weighted by molar-refractivity contribution is 14.0. The largest absolute Gasteiger partial charge is 0.326 e. The summed E-state index contributed by atoms with van der Waals surface area (Å²) in [5.41, 5.74) is 6.47. The van der Waals surface area contributed by atoms with Crippen LogP contribution in [-0.4, -0.2) is 0 Å². The van der Waals surface area contributed by atoms with Crippen LogP contribution in [0, 0.1) is 0 Å². The molecule has 0 unspecified atom stereocenters. The van der Waals surface area contributed by atoms with Gasteiger partial charge in [-0.2, -0.15) is 0 Å². The molecule has 0 aromatic heterocycles. The quantitative estimate of drug-likeness (QED) is 0.779. The van der Waals surface area contributed by atoms with E-state index in [1.807, 2.05) is 24.3 Å². The normalized spacial score (nSPS) is 8.60. The molecular formula is C7H9ClIN. The van der Waals surface area contributed by atoms with Crippen molar-refractivity contribution in [3.05, 3.63) is 34.9 Å². The Morgan fingerprint density at radius 1 is 1.20 bits per heavy atom. The fourth-order valence-electron chi connectivity index (χ4n) is 0.620. The van der Waals surface area contributed by atoms with E-state index in [0.717, 1.165) is 10.6 Å². The number of hydrogen-bond acceptors (Lipinski definition) is 1. The molecule has 0 bridgehead atoms. The lowest BCUT2D eigenvalue weighted by Gasteiger charge is -1.93. The van der Waals surface area contributed by atoms with E-state index in [1.165, 1.54) is 0 Å². The molecule has 0 aliphatic heterocycles. The summed E-state index contributed by atoms with van der Waals surface area (Å²) >= 11 is 5.63. The summed E-state index contributed by atoms with van der Waals surface area (Å²) in [7, 11) is 0.